The Labute approximate surface area is 233 Å². The number of carboxylic acids is 1. The highest BCUT2D eigenvalue weighted by atomic mass is 35.5. The summed E-state index contributed by atoms with van der Waals surface area (Å²) in [5.41, 5.74) is 1.72. The molecule has 1 aliphatic carbocycles. The molecule has 4 atom stereocenters. The quantitative estimate of drug-likeness (QED) is 0.268. The highest BCUT2D eigenvalue weighted by Gasteiger charge is 2.49. The van der Waals surface area contributed by atoms with Crippen molar-refractivity contribution in [3.63, 3.8) is 0 Å². The Kier molecular flexibility index (Phi) is 6.27. The van der Waals surface area contributed by atoms with E-state index < -0.39 is 23.9 Å². The first-order chi connectivity index (χ1) is 19.4. The van der Waals surface area contributed by atoms with Crippen molar-refractivity contribution in [2.24, 2.45) is 5.92 Å². The molecule has 0 amide bonds. The van der Waals surface area contributed by atoms with E-state index in [1.807, 2.05) is 4.90 Å². The van der Waals surface area contributed by atoms with Crippen LogP contribution in [0.2, 0.25) is 5.02 Å². The van der Waals surface area contributed by atoms with Crippen molar-refractivity contribution in [3.05, 3.63) is 70.5 Å². The summed E-state index contributed by atoms with van der Waals surface area (Å²) in [5.74, 6) is -0.847. The number of aromatic nitrogens is 3. The first-order valence-electron chi connectivity index (χ1n) is 13.6. The van der Waals surface area contributed by atoms with Gasteiger partial charge in [-0.15, -0.1) is 0 Å². The van der Waals surface area contributed by atoms with Crippen molar-refractivity contribution in [1.82, 2.24) is 14.5 Å². The molecule has 1 aromatic carbocycles. The molecule has 2 saturated heterocycles. The zero-order valence-corrected chi connectivity index (χ0v) is 22.2. The van der Waals surface area contributed by atoms with Crippen LogP contribution in [0.3, 0.4) is 0 Å². The third kappa shape index (κ3) is 4.16. The number of hydrogen-bond donors (Lipinski definition) is 1. The van der Waals surface area contributed by atoms with Gasteiger partial charge in [0.05, 0.1) is 23.8 Å². The minimum absolute atomic E-state index is 0.0729. The minimum atomic E-state index is -1.11. The summed E-state index contributed by atoms with van der Waals surface area (Å²) in [7, 11) is 0. The van der Waals surface area contributed by atoms with Crippen LogP contribution < -0.4 is 4.90 Å². The number of nitrogens with zero attached hydrogens (tertiary/aromatic N) is 4. The van der Waals surface area contributed by atoms with Crippen molar-refractivity contribution in [2.45, 2.75) is 62.9 Å². The van der Waals surface area contributed by atoms with E-state index >= 15 is 4.39 Å². The number of anilines is 1. The second-order valence-electron chi connectivity index (χ2n) is 10.9. The molecule has 2 aliphatic heterocycles. The molecular weight excluding hydrogens is 542 g/mol. The molecule has 208 valence electrons. The number of aromatic carboxylic acids is 1. The van der Waals surface area contributed by atoms with Crippen LogP contribution in [0.5, 0.6) is 0 Å². The number of pyridine rings is 1. The topological polar surface area (TPSA) is 93.1 Å². The lowest BCUT2D eigenvalue weighted by molar-refractivity contribution is 0.0315. The third-order valence-corrected chi connectivity index (χ3v) is 8.80. The smallest absolute Gasteiger partial charge is 0.356 e. The van der Waals surface area contributed by atoms with E-state index in [0.717, 1.165) is 19.3 Å². The Hall–Kier alpha value is -3.50. The van der Waals surface area contributed by atoms with Crippen LogP contribution in [0.25, 0.3) is 16.9 Å². The van der Waals surface area contributed by atoms with Crippen LogP contribution in [0, 0.1) is 11.7 Å². The second-order valence-corrected chi connectivity index (χ2v) is 11.3. The van der Waals surface area contributed by atoms with Gasteiger partial charge in [-0.2, -0.15) is 0 Å². The van der Waals surface area contributed by atoms with Crippen LogP contribution >= 0.6 is 11.6 Å². The molecule has 0 spiro atoms. The molecule has 3 aromatic heterocycles. The zero-order valence-electron chi connectivity index (χ0n) is 21.5. The normalized spacial score (nSPS) is 24.2. The van der Waals surface area contributed by atoms with E-state index in [0.29, 0.717) is 34.9 Å². The van der Waals surface area contributed by atoms with Gasteiger partial charge < -0.3 is 19.3 Å². The summed E-state index contributed by atoms with van der Waals surface area (Å²) in [6.45, 7) is 0.175. The average molecular weight is 569 g/mol. The van der Waals surface area contributed by atoms with Crippen LogP contribution in [0.15, 0.2) is 47.1 Å². The van der Waals surface area contributed by atoms with Crippen molar-refractivity contribution in [3.8, 4) is 11.3 Å². The number of halogens is 3. The number of benzene rings is 1. The Morgan fingerprint density at radius 1 is 1.18 bits per heavy atom. The van der Waals surface area contributed by atoms with Gasteiger partial charge in [0.1, 0.15) is 29.1 Å². The van der Waals surface area contributed by atoms with E-state index in [9.17, 15) is 14.3 Å². The molecule has 4 aromatic rings. The molecule has 1 saturated carbocycles. The molecule has 3 aliphatic rings. The van der Waals surface area contributed by atoms with Crippen LogP contribution in [-0.4, -0.2) is 50.5 Å². The maximum atomic E-state index is 15.5. The molecule has 8 nitrogen and oxygen atoms in total. The molecule has 5 heterocycles. The number of ether oxygens (including phenoxy) is 1. The van der Waals surface area contributed by atoms with E-state index in [-0.39, 0.29) is 53.9 Å². The second kappa shape index (κ2) is 9.85. The van der Waals surface area contributed by atoms with E-state index in [2.05, 4.69) is 10.1 Å². The predicted molar refractivity (Wildman–Crippen MR) is 143 cm³/mol. The highest BCUT2D eigenvalue weighted by molar-refractivity contribution is 6.33. The standard InChI is InChI=1S/C29H27ClF2N4O4/c30-19-4-3-5-20(31)24(19)25-18(27(40-34-25)15-7-8-15)14-39-13-17-21(32)12-16-9-10-22(17)36(16)28-26(29(37)38)35-11-2-1-6-23(35)33-28/h1-6,11,15-17,21-22H,7-10,12-14H2,(H,37,38). The number of rotatable bonds is 8. The maximum absolute atomic E-state index is 15.5. The summed E-state index contributed by atoms with van der Waals surface area (Å²) in [6.07, 6.45) is 4.20. The summed E-state index contributed by atoms with van der Waals surface area (Å²) in [5, 5.41) is 14.4. The number of carbonyl (C=O) groups is 1. The van der Waals surface area contributed by atoms with Gasteiger partial charge in [0.25, 0.3) is 0 Å². The number of imidazole rings is 1. The maximum Gasteiger partial charge on any atom is 0.356 e. The molecule has 0 radical (unpaired) electrons. The monoisotopic (exact) mass is 568 g/mol. The fraction of sp³-hybridized carbons (Fsp3) is 0.414. The third-order valence-electron chi connectivity index (χ3n) is 8.48. The van der Waals surface area contributed by atoms with Gasteiger partial charge in [-0.1, -0.05) is 28.9 Å². The number of alkyl halides is 1. The highest BCUT2D eigenvalue weighted by Crippen LogP contribution is 2.47. The van der Waals surface area contributed by atoms with Gasteiger partial charge in [0.2, 0.25) is 0 Å². The summed E-state index contributed by atoms with van der Waals surface area (Å²) >= 11 is 6.33. The molecule has 4 unspecified atom stereocenters. The van der Waals surface area contributed by atoms with Gasteiger partial charge in [0.15, 0.2) is 11.5 Å². The van der Waals surface area contributed by atoms with Crippen LogP contribution in [-0.2, 0) is 11.3 Å². The Morgan fingerprint density at radius 3 is 2.80 bits per heavy atom. The molecule has 7 rings (SSSR count). The minimum Gasteiger partial charge on any atom is -0.476 e. The molecule has 11 heteroatoms. The summed E-state index contributed by atoms with van der Waals surface area (Å²) in [4.78, 5) is 18.9. The number of carboxylic acid groups (broad SMARTS) is 1. The largest absolute Gasteiger partial charge is 0.476 e. The van der Waals surface area contributed by atoms with Gasteiger partial charge in [0, 0.05) is 35.7 Å². The Morgan fingerprint density at radius 2 is 2.02 bits per heavy atom. The van der Waals surface area contributed by atoms with Gasteiger partial charge in [-0.25, -0.2) is 18.6 Å². The summed E-state index contributed by atoms with van der Waals surface area (Å²) < 4.78 is 43.6. The fourth-order valence-electron chi connectivity index (χ4n) is 6.49. The molecular formula is C29H27ClF2N4O4. The number of fused-ring (bicyclic) bond motifs is 3. The summed E-state index contributed by atoms with van der Waals surface area (Å²) in [6, 6.07) is 9.38. The van der Waals surface area contributed by atoms with Gasteiger partial charge in [-0.05, 0) is 56.4 Å². The molecule has 2 bridgehead atoms. The lowest BCUT2D eigenvalue weighted by atomic mass is 9.89. The van der Waals surface area contributed by atoms with Crippen molar-refractivity contribution in [2.75, 3.05) is 11.5 Å². The SMILES string of the molecule is O=C(O)c1c(N2C3CCC2C(COCc2c(-c4c(F)cccc4Cl)noc2C2CC2)C(F)C3)nc2ccccn12. The van der Waals surface area contributed by atoms with Crippen LogP contribution in [0.4, 0.5) is 14.6 Å². The lowest BCUT2D eigenvalue weighted by Crippen LogP contribution is -2.52. The lowest BCUT2D eigenvalue weighted by Gasteiger charge is -2.42. The van der Waals surface area contributed by atoms with E-state index in [1.165, 1.54) is 12.1 Å². The fourth-order valence-corrected chi connectivity index (χ4v) is 6.75. The van der Waals surface area contributed by atoms with Crippen molar-refractivity contribution >= 4 is 29.0 Å². The van der Waals surface area contributed by atoms with E-state index in [1.54, 1.807) is 34.9 Å². The van der Waals surface area contributed by atoms with Crippen LogP contribution in [0.1, 0.15) is 59.8 Å². The molecule has 1 N–H and O–H groups in total. The molecule has 3 fully saturated rings. The number of hydrogen-bond acceptors (Lipinski definition) is 6. The number of piperidine rings is 1. The predicted octanol–water partition coefficient (Wildman–Crippen LogP) is 6.27. The van der Waals surface area contributed by atoms with E-state index in [4.69, 9.17) is 20.9 Å². The average Bonchev–Trinajstić information content (AvgIpc) is 3.44. The van der Waals surface area contributed by atoms with Gasteiger partial charge in [-0.3, -0.25) is 4.40 Å². The van der Waals surface area contributed by atoms with Crippen molar-refractivity contribution in [1.29, 1.82) is 0 Å². The van der Waals surface area contributed by atoms with Gasteiger partial charge >= 0.3 is 5.97 Å². The first kappa shape index (κ1) is 25.5. The Balaban J connectivity index is 1.16. The molecule has 40 heavy (non-hydrogen) atoms. The first-order valence-corrected chi connectivity index (χ1v) is 13.9. The zero-order chi connectivity index (χ0) is 27.5. The van der Waals surface area contributed by atoms with Crippen molar-refractivity contribution < 1.29 is 27.9 Å². The Bertz CT molecular complexity index is 1580.